The van der Waals surface area contributed by atoms with Crippen LogP contribution in [0, 0.1) is 5.92 Å². The number of benzene rings is 1. The number of nitrogens with two attached hydrogens (primary N) is 1. The van der Waals surface area contributed by atoms with E-state index in [-0.39, 0.29) is 6.04 Å². The van der Waals surface area contributed by atoms with Crippen molar-refractivity contribution < 1.29 is 0 Å². The number of likely N-dealkylation sites (tertiary alicyclic amines) is 1. The lowest BCUT2D eigenvalue weighted by atomic mass is 9.99. The Kier molecular flexibility index (Phi) is 5.58. The molecule has 0 bridgehead atoms. The predicted octanol–water partition coefficient (Wildman–Crippen LogP) is 2.22. The molecule has 0 amide bonds. The van der Waals surface area contributed by atoms with E-state index in [1.165, 1.54) is 25.1 Å². The van der Waals surface area contributed by atoms with Crippen LogP contribution in [-0.4, -0.2) is 36.1 Å². The van der Waals surface area contributed by atoms with Crippen molar-refractivity contribution in [2.75, 3.05) is 13.1 Å². The summed E-state index contributed by atoms with van der Waals surface area (Å²) >= 11 is 0. The molecule has 1 saturated heterocycles. The Bertz CT molecular complexity index is 390. The van der Waals surface area contributed by atoms with Crippen molar-refractivity contribution in [3.8, 4) is 0 Å². The largest absolute Gasteiger partial charge is 0.327 e. The quantitative estimate of drug-likeness (QED) is 0.836. The highest BCUT2D eigenvalue weighted by atomic mass is 15.2. The lowest BCUT2D eigenvalue weighted by Gasteiger charge is -2.27. The van der Waals surface area contributed by atoms with Crippen molar-refractivity contribution in [2.45, 2.75) is 51.9 Å². The van der Waals surface area contributed by atoms with Crippen molar-refractivity contribution in [1.29, 1.82) is 0 Å². The summed E-state index contributed by atoms with van der Waals surface area (Å²) in [5, 5.41) is 3.65. The molecule has 1 aromatic rings. The van der Waals surface area contributed by atoms with Gasteiger partial charge in [-0.3, -0.25) is 4.90 Å². The molecular weight excluding hydrogens is 246 g/mol. The Hall–Kier alpha value is -0.900. The van der Waals surface area contributed by atoms with E-state index in [0.717, 1.165) is 12.5 Å². The van der Waals surface area contributed by atoms with Crippen molar-refractivity contribution in [1.82, 2.24) is 10.2 Å². The molecule has 2 rings (SSSR count). The van der Waals surface area contributed by atoms with Gasteiger partial charge >= 0.3 is 0 Å². The fraction of sp³-hybridized carbons (Fsp3) is 0.647. The van der Waals surface area contributed by atoms with Crippen LogP contribution in [0.15, 0.2) is 30.3 Å². The van der Waals surface area contributed by atoms with Gasteiger partial charge in [0.15, 0.2) is 0 Å². The molecule has 0 aromatic heterocycles. The van der Waals surface area contributed by atoms with Crippen LogP contribution in [0.3, 0.4) is 0 Å². The van der Waals surface area contributed by atoms with Crippen LogP contribution >= 0.6 is 0 Å². The van der Waals surface area contributed by atoms with Gasteiger partial charge in [0, 0.05) is 31.2 Å². The SMILES string of the molecule is CC(N)C(C)NC(C)C1CCN(Cc2ccccc2)C1. The zero-order valence-corrected chi connectivity index (χ0v) is 13.0. The zero-order valence-electron chi connectivity index (χ0n) is 13.0. The van der Waals surface area contributed by atoms with Gasteiger partial charge in [-0.1, -0.05) is 30.3 Å². The van der Waals surface area contributed by atoms with Crippen LogP contribution < -0.4 is 11.1 Å². The van der Waals surface area contributed by atoms with Gasteiger partial charge in [-0.25, -0.2) is 0 Å². The van der Waals surface area contributed by atoms with Gasteiger partial charge in [0.1, 0.15) is 0 Å². The lowest BCUT2D eigenvalue weighted by molar-refractivity contribution is 0.285. The maximum atomic E-state index is 5.94. The summed E-state index contributed by atoms with van der Waals surface area (Å²) in [5.41, 5.74) is 7.35. The first-order valence-electron chi connectivity index (χ1n) is 7.84. The standard InChI is InChI=1S/C17H29N3/c1-13(18)14(2)19-15(3)17-9-10-20(12-17)11-16-7-5-4-6-8-16/h4-8,13-15,17,19H,9-12,18H2,1-3H3. The maximum absolute atomic E-state index is 5.94. The lowest BCUT2D eigenvalue weighted by Crippen LogP contribution is -2.47. The highest BCUT2D eigenvalue weighted by Crippen LogP contribution is 2.22. The second-order valence-corrected chi connectivity index (χ2v) is 6.37. The maximum Gasteiger partial charge on any atom is 0.0233 e. The molecule has 0 spiro atoms. The first-order valence-corrected chi connectivity index (χ1v) is 7.84. The summed E-state index contributed by atoms with van der Waals surface area (Å²) in [6.45, 7) is 10.0. The number of rotatable bonds is 6. The molecule has 1 fully saturated rings. The van der Waals surface area contributed by atoms with Gasteiger partial charge in [0.2, 0.25) is 0 Å². The molecule has 112 valence electrons. The number of hydrogen-bond donors (Lipinski definition) is 2. The highest BCUT2D eigenvalue weighted by Gasteiger charge is 2.27. The molecule has 3 nitrogen and oxygen atoms in total. The number of nitrogens with zero attached hydrogens (tertiary/aromatic N) is 1. The summed E-state index contributed by atoms with van der Waals surface area (Å²) in [4.78, 5) is 2.56. The third-order valence-corrected chi connectivity index (χ3v) is 4.58. The first-order chi connectivity index (χ1) is 9.56. The molecule has 1 aliphatic rings. The molecule has 1 aliphatic heterocycles. The molecule has 20 heavy (non-hydrogen) atoms. The summed E-state index contributed by atoms with van der Waals surface area (Å²) < 4.78 is 0. The van der Waals surface area contributed by atoms with Crippen LogP contribution in [0.4, 0.5) is 0 Å². The molecule has 0 radical (unpaired) electrons. The number of hydrogen-bond acceptors (Lipinski definition) is 3. The summed E-state index contributed by atoms with van der Waals surface area (Å²) in [6.07, 6.45) is 1.28. The first kappa shape index (κ1) is 15.5. The second-order valence-electron chi connectivity index (χ2n) is 6.37. The van der Waals surface area contributed by atoms with Crippen molar-refractivity contribution in [2.24, 2.45) is 11.7 Å². The van der Waals surface area contributed by atoms with E-state index in [4.69, 9.17) is 5.73 Å². The minimum atomic E-state index is 0.208. The van der Waals surface area contributed by atoms with Crippen LogP contribution in [-0.2, 0) is 6.54 Å². The van der Waals surface area contributed by atoms with E-state index in [1.807, 2.05) is 0 Å². The van der Waals surface area contributed by atoms with E-state index in [2.05, 4.69) is 61.3 Å². The van der Waals surface area contributed by atoms with Crippen LogP contribution in [0.5, 0.6) is 0 Å². The second kappa shape index (κ2) is 7.21. The number of nitrogens with one attached hydrogen (secondary N) is 1. The van der Waals surface area contributed by atoms with Gasteiger partial charge in [0.25, 0.3) is 0 Å². The topological polar surface area (TPSA) is 41.3 Å². The monoisotopic (exact) mass is 275 g/mol. The molecule has 1 aromatic carbocycles. The predicted molar refractivity (Wildman–Crippen MR) is 85.5 cm³/mol. The third-order valence-electron chi connectivity index (χ3n) is 4.58. The van der Waals surface area contributed by atoms with E-state index >= 15 is 0 Å². The molecule has 0 saturated carbocycles. The summed E-state index contributed by atoms with van der Waals surface area (Å²) in [7, 11) is 0. The molecule has 4 atom stereocenters. The minimum absolute atomic E-state index is 0.208. The van der Waals surface area contributed by atoms with E-state index in [9.17, 15) is 0 Å². The summed E-state index contributed by atoms with van der Waals surface area (Å²) in [6, 6.07) is 11.9. The van der Waals surface area contributed by atoms with E-state index in [1.54, 1.807) is 0 Å². The van der Waals surface area contributed by atoms with Gasteiger partial charge in [-0.05, 0) is 45.2 Å². The Morgan fingerprint density at radius 2 is 1.95 bits per heavy atom. The normalized spacial score (nSPS) is 24.5. The Labute approximate surface area is 123 Å². The Morgan fingerprint density at radius 1 is 1.25 bits per heavy atom. The van der Waals surface area contributed by atoms with Crippen molar-refractivity contribution in [3.63, 3.8) is 0 Å². The van der Waals surface area contributed by atoms with Crippen molar-refractivity contribution in [3.05, 3.63) is 35.9 Å². The average Bonchev–Trinajstić information content (AvgIpc) is 2.88. The van der Waals surface area contributed by atoms with Crippen LogP contribution in [0.2, 0.25) is 0 Å². The highest BCUT2D eigenvalue weighted by molar-refractivity contribution is 5.14. The smallest absolute Gasteiger partial charge is 0.0233 e. The minimum Gasteiger partial charge on any atom is -0.327 e. The van der Waals surface area contributed by atoms with Gasteiger partial charge < -0.3 is 11.1 Å². The van der Waals surface area contributed by atoms with Crippen LogP contribution in [0.25, 0.3) is 0 Å². The fourth-order valence-corrected chi connectivity index (χ4v) is 2.96. The Balaban J connectivity index is 1.80. The van der Waals surface area contributed by atoms with E-state index < -0.39 is 0 Å². The van der Waals surface area contributed by atoms with E-state index in [0.29, 0.717) is 12.1 Å². The molecule has 0 aliphatic carbocycles. The fourth-order valence-electron chi connectivity index (χ4n) is 2.96. The summed E-state index contributed by atoms with van der Waals surface area (Å²) in [5.74, 6) is 0.736. The molecular formula is C17H29N3. The molecule has 3 N–H and O–H groups in total. The van der Waals surface area contributed by atoms with Gasteiger partial charge in [-0.2, -0.15) is 0 Å². The molecule has 4 unspecified atom stereocenters. The van der Waals surface area contributed by atoms with Gasteiger partial charge in [0.05, 0.1) is 0 Å². The van der Waals surface area contributed by atoms with Crippen molar-refractivity contribution >= 4 is 0 Å². The molecule has 3 heteroatoms. The Morgan fingerprint density at radius 3 is 2.60 bits per heavy atom. The van der Waals surface area contributed by atoms with Crippen LogP contribution in [0.1, 0.15) is 32.8 Å². The molecule has 1 heterocycles. The van der Waals surface area contributed by atoms with Gasteiger partial charge in [-0.15, -0.1) is 0 Å². The third kappa shape index (κ3) is 4.30. The average molecular weight is 275 g/mol. The zero-order chi connectivity index (χ0) is 14.5.